The monoisotopic (exact) mass is 372 g/mol. The first kappa shape index (κ1) is 13.2. The maximum absolute atomic E-state index is 11.7. The molecule has 3 nitrogen and oxygen atoms in total. The number of urea groups is 1. The molecule has 0 aliphatic heterocycles. The molecule has 2 aromatic rings. The highest BCUT2D eigenvalue weighted by Crippen LogP contribution is 2.16. The Bertz CT molecular complexity index is 525. The summed E-state index contributed by atoms with van der Waals surface area (Å²) in [7, 11) is 0. The third kappa shape index (κ3) is 3.89. The van der Waals surface area contributed by atoms with E-state index < -0.39 is 0 Å². The van der Waals surface area contributed by atoms with E-state index in [0.29, 0.717) is 10.7 Å². The molecule has 0 unspecified atom stereocenters. The SMILES string of the molecule is O=C(Nc1cccc(Cl)c1)Nc1cccc(I)c1. The molecular formula is C13H10ClIN2O. The van der Waals surface area contributed by atoms with Gasteiger partial charge >= 0.3 is 6.03 Å². The minimum absolute atomic E-state index is 0.292. The Morgan fingerprint density at radius 2 is 1.61 bits per heavy atom. The van der Waals surface area contributed by atoms with E-state index in [1.165, 1.54) is 0 Å². The van der Waals surface area contributed by atoms with Crippen molar-refractivity contribution in [1.82, 2.24) is 0 Å². The molecule has 0 spiro atoms. The summed E-state index contributed by atoms with van der Waals surface area (Å²) in [6.45, 7) is 0. The summed E-state index contributed by atoms with van der Waals surface area (Å²) in [4.78, 5) is 11.7. The number of nitrogens with one attached hydrogen (secondary N) is 2. The molecule has 0 saturated carbocycles. The highest BCUT2D eigenvalue weighted by molar-refractivity contribution is 14.1. The number of halogens is 2. The summed E-state index contributed by atoms with van der Waals surface area (Å²) in [6, 6.07) is 14.3. The van der Waals surface area contributed by atoms with Crippen molar-refractivity contribution in [2.45, 2.75) is 0 Å². The number of benzene rings is 2. The second kappa shape index (κ2) is 6.06. The second-order valence-corrected chi connectivity index (χ2v) is 5.28. The maximum atomic E-state index is 11.7. The van der Waals surface area contributed by atoms with Crippen LogP contribution in [0.15, 0.2) is 48.5 Å². The first-order valence-electron chi connectivity index (χ1n) is 5.22. The summed E-state index contributed by atoms with van der Waals surface area (Å²) < 4.78 is 1.06. The molecule has 2 N–H and O–H groups in total. The molecule has 0 bridgehead atoms. The third-order valence-corrected chi connectivity index (χ3v) is 3.07. The van der Waals surface area contributed by atoms with Crippen LogP contribution in [-0.2, 0) is 0 Å². The first-order valence-corrected chi connectivity index (χ1v) is 6.68. The van der Waals surface area contributed by atoms with Crippen LogP contribution in [0.4, 0.5) is 16.2 Å². The Morgan fingerprint density at radius 1 is 1.00 bits per heavy atom. The van der Waals surface area contributed by atoms with Crippen LogP contribution in [0.1, 0.15) is 0 Å². The lowest BCUT2D eigenvalue weighted by Gasteiger charge is -2.08. The lowest BCUT2D eigenvalue weighted by atomic mass is 10.3. The van der Waals surface area contributed by atoms with Crippen molar-refractivity contribution >= 4 is 51.6 Å². The minimum Gasteiger partial charge on any atom is -0.308 e. The summed E-state index contributed by atoms with van der Waals surface area (Å²) >= 11 is 8.03. The summed E-state index contributed by atoms with van der Waals surface area (Å²) in [5, 5.41) is 6.05. The van der Waals surface area contributed by atoms with Gasteiger partial charge in [0, 0.05) is 20.0 Å². The average Bonchev–Trinajstić information content (AvgIpc) is 2.28. The van der Waals surface area contributed by atoms with Gasteiger partial charge in [-0.1, -0.05) is 23.7 Å². The van der Waals surface area contributed by atoms with Gasteiger partial charge in [-0.25, -0.2) is 4.79 Å². The fourth-order valence-corrected chi connectivity index (χ4v) is 2.16. The van der Waals surface area contributed by atoms with E-state index in [4.69, 9.17) is 11.6 Å². The topological polar surface area (TPSA) is 41.1 Å². The predicted octanol–water partition coefficient (Wildman–Crippen LogP) is 4.59. The summed E-state index contributed by atoms with van der Waals surface area (Å²) in [5.41, 5.74) is 1.41. The zero-order chi connectivity index (χ0) is 13.0. The minimum atomic E-state index is -0.292. The number of anilines is 2. The van der Waals surface area contributed by atoms with Crippen LogP contribution < -0.4 is 10.6 Å². The van der Waals surface area contributed by atoms with Crippen molar-refractivity contribution in [2.75, 3.05) is 10.6 Å². The van der Waals surface area contributed by atoms with Crippen LogP contribution in [-0.4, -0.2) is 6.03 Å². The van der Waals surface area contributed by atoms with E-state index in [-0.39, 0.29) is 6.03 Å². The molecule has 0 aliphatic rings. The Hall–Kier alpha value is -1.27. The largest absolute Gasteiger partial charge is 0.323 e. The van der Waals surface area contributed by atoms with Gasteiger partial charge in [-0.3, -0.25) is 0 Å². The molecule has 0 heterocycles. The molecule has 2 rings (SSSR count). The van der Waals surface area contributed by atoms with Gasteiger partial charge < -0.3 is 10.6 Å². The third-order valence-electron chi connectivity index (χ3n) is 2.16. The summed E-state index contributed by atoms with van der Waals surface area (Å²) in [5.74, 6) is 0. The molecule has 0 fully saturated rings. The molecule has 18 heavy (non-hydrogen) atoms. The fraction of sp³-hybridized carbons (Fsp3) is 0. The van der Waals surface area contributed by atoms with Crippen molar-refractivity contribution < 1.29 is 4.79 Å². The van der Waals surface area contributed by atoms with Gasteiger partial charge in [-0.15, -0.1) is 0 Å². The van der Waals surface area contributed by atoms with Gasteiger partial charge in [-0.2, -0.15) is 0 Å². The van der Waals surface area contributed by atoms with Gasteiger partial charge in [0.1, 0.15) is 0 Å². The van der Waals surface area contributed by atoms with E-state index in [9.17, 15) is 4.79 Å². The number of hydrogen-bond donors (Lipinski definition) is 2. The second-order valence-electron chi connectivity index (χ2n) is 3.60. The number of hydrogen-bond acceptors (Lipinski definition) is 1. The van der Waals surface area contributed by atoms with Crippen LogP contribution >= 0.6 is 34.2 Å². The van der Waals surface area contributed by atoms with Gasteiger partial charge in [0.25, 0.3) is 0 Å². The number of carbonyl (C=O) groups excluding carboxylic acids is 1. The fourth-order valence-electron chi connectivity index (χ4n) is 1.43. The predicted molar refractivity (Wildman–Crippen MR) is 83.3 cm³/mol. The highest BCUT2D eigenvalue weighted by atomic mass is 127. The van der Waals surface area contributed by atoms with Crippen LogP contribution in [0.3, 0.4) is 0 Å². The standard InChI is InChI=1S/C13H10ClIN2O/c14-9-3-1-5-11(7-9)16-13(18)17-12-6-2-4-10(15)8-12/h1-8H,(H2,16,17,18). The number of amides is 2. The van der Waals surface area contributed by atoms with Crippen LogP contribution in [0.2, 0.25) is 5.02 Å². The Balaban J connectivity index is 2.01. The van der Waals surface area contributed by atoms with Gasteiger partial charge in [0.15, 0.2) is 0 Å². The zero-order valence-corrected chi connectivity index (χ0v) is 12.2. The zero-order valence-electron chi connectivity index (χ0n) is 9.28. The molecule has 0 radical (unpaired) electrons. The molecule has 2 aromatic carbocycles. The van der Waals surface area contributed by atoms with E-state index in [1.807, 2.05) is 24.3 Å². The number of rotatable bonds is 2. The van der Waals surface area contributed by atoms with E-state index >= 15 is 0 Å². The lowest BCUT2D eigenvalue weighted by Crippen LogP contribution is -2.19. The average molecular weight is 373 g/mol. The van der Waals surface area contributed by atoms with Crippen molar-refractivity contribution in [1.29, 1.82) is 0 Å². The Morgan fingerprint density at radius 3 is 2.22 bits per heavy atom. The van der Waals surface area contributed by atoms with Gasteiger partial charge in [-0.05, 0) is 59.0 Å². The van der Waals surface area contributed by atoms with E-state index in [0.717, 1.165) is 9.26 Å². The molecule has 5 heteroatoms. The van der Waals surface area contributed by atoms with Crippen molar-refractivity contribution in [3.63, 3.8) is 0 Å². The smallest absolute Gasteiger partial charge is 0.308 e. The number of carbonyl (C=O) groups is 1. The lowest BCUT2D eigenvalue weighted by molar-refractivity contribution is 0.262. The molecule has 0 saturated heterocycles. The molecule has 92 valence electrons. The first-order chi connectivity index (χ1) is 8.63. The maximum Gasteiger partial charge on any atom is 0.323 e. The molecule has 0 aliphatic carbocycles. The van der Waals surface area contributed by atoms with E-state index in [1.54, 1.807) is 24.3 Å². The van der Waals surface area contributed by atoms with E-state index in [2.05, 4.69) is 33.2 Å². The van der Waals surface area contributed by atoms with Crippen molar-refractivity contribution in [3.05, 3.63) is 57.1 Å². The van der Waals surface area contributed by atoms with Crippen LogP contribution in [0, 0.1) is 3.57 Å². The molecule has 0 aromatic heterocycles. The van der Waals surface area contributed by atoms with Crippen molar-refractivity contribution in [2.24, 2.45) is 0 Å². The molecule has 0 atom stereocenters. The van der Waals surface area contributed by atoms with Crippen molar-refractivity contribution in [3.8, 4) is 0 Å². The van der Waals surface area contributed by atoms with Gasteiger partial charge in [0.2, 0.25) is 0 Å². The quantitative estimate of drug-likeness (QED) is 0.744. The van der Waals surface area contributed by atoms with Crippen LogP contribution in [0.5, 0.6) is 0 Å². The normalized spacial score (nSPS) is 9.89. The molecule has 2 amide bonds. The molecular weight excluding hydrogens is 363 g/mol. The Labute approximate surface area is 124 Å². The van der Waals surface area contributed by atoms with Gasteiger partial charge in [0.05, 0.1) is 0 Å². The van der Waals surface area contributed by atoms with Crippen LogP contribution in [0.25, 0.3) is 0 Å². The highest BCUT2D eigenvalue weighted by Gasteiger charge is 2.03. The Kier molecular flexibility index (Phi) is 4.43. The summed E-state index contributed by atoms with van der Waals surface area (Å²) in [6.07, 6.45) is 0.